The maximum Gasteiger partial charge on any atom is 0.310 e. The zero-order valence-electron chi connectivity index (χ0n) is 11.3. The predicted molar refractivity (Wildman–Crippen MR) is 82.5 cm³/mol. The molecule has 1 aliphatic heterocycles. The van der Waals surface area contributed by atoms with Gasteiger partial charge >= 0.3 is 5.97 Å². The Morgan fingerprint density at radius 1 is 1.52 bits per heavy atom. The minimum atomic E-state index is -3.73. The largest absolute Gasteiger partial charge is 0.466 e. The van der Waals surface area contributed by atoms with E-state index in [9.17, 15) is 13.2 Å². The summed E-state index contributed by atoms with van der Waals surface area (Å²) < 4.78 is 31.9. The van der Waals surface area contributed by atoms with Gasteiger partial charge in [0, 0.05) is 13.1 Å². The van der Waals surface area contributed by atoms with Crippen molar-refractivity contribution in [2.24, 2.45) is 5.92 Å². The third-order valence-electron chi connectivity index (χ3n) is 3.25. The summed E-state index contributed by atoms with van der Waals surface area (Å²) in [5.41, 5.74) is 0. The molecule has 0 amide bonds. The van der Waals surface area contributed by atoms with E-state index in [1.807, 2.05) is 0 Å². The Morgan fingerprint density at radius 2 is 2.24 bits per heavy atom. The summed E-state index contributed by atoms with van der Waals surface area (Å²) in [6, 6.07) is 1.35. The monoisotopic (exact) mass is 371 g/mol. The summed E-state index contributed by atoms with van der Waals surface area (Å²) in [4.78, 5) is 11.8. The molecule has 21 heavy (non-hydrogen) atoms. The van der Waals surface area contributed by atoms with E-state index in [1.165, 1.54) is 10.4 Å². The average molecular weight is 372 g/mol. The second-order valence-electron chi connectivity index (χ2n) is 4.64. The first-order valence-corrected chi connectivity index (χ1v) is 9.49. The fraction of sp³-hybridized carbons (Fsp3) is 0.583. The van der Waals surface area contributed by atoms with Gasteiger partial charge in [-0.15, -0.1) is 11.3 Å². The van der Waals surface area contributed by atoms with Gasteiger partial charge in [0.1, 0.15) is 9.23 Å². The highest BCUT2D eigenvalue weighted by atomic mass is 35.5. The van der Waals surface area contributed by atoms with Crippen LogP contribution >= 0.6 is 34.5 Å². The van der Waals surface area contributed by atoms with E-state index >= 15 is 0 Å². The molecule has 1 atom stereocenters. The molecule has 1 aromatic rings. The molecule has 0 bridgehead atoms. The molecule has 1 unspecified atom stereocenters. The lowest BCUT2D eigenvalue weighted by Crippen LogP contribution is -2.42. The number of rotatable bonds is 4. The minimum Gasteiger partial charge on any atom is -0.466 e. The minimum absolute atomic E-state index is 0.00340. The van der Waals surface area contributed by atoms with Gasteiger partial charge in [-0.3, -0.25) is 4.79 Å². The van der Waals surface area contributed by atoms with Crippen LogP contribution in [-0.4, -0.2) is 38.4 Å². The SMILES string of the molecule is CCOC(=O)C1CCCN(S(=O)(=O)c2cc(Cl)sc2Cl)C1. The summed E-state index contributed by atoms with van der Waals surface area (Å²) in [5, 5.41) is 0. The summed E-state index contributed by atoms with van der Waals surface area (Å²) in [6.07, 6.45) is 1.24. The summed E-state index contributed by atoms with van der Waals surface area (Å²) in [5.74, 6) is -0.784. The Hall–Kier alpha value is -0.340. The van der Waals surface area contributed by atoms with Crippen molar-refractivity contribution in [1.29, 1.82) is 0 Å². The molecule has 0 aromatic carbocycles. The molecular weight excluding hydrogens is 357 g/mol. The van der Waals surface area contributed by atoms with E-state index in [1.54, 1.807) is 6.92 Å². The average Bonchev–Trinajstić information content (AvgIpc) is 2.79. The topological polar surface area (TPSA) is 63.7 Å². The lowest BCUT2D eigenvalue weighted by atomic mass is 10.0. The van der Waals surface area contributed by atoms with Gasteiger partial charge in [-0.1, -0.05) is 23.2 Å². The van der Waals surface area contributed by atoms with Crippen LogP contribution < -0.4 is 0 Å². The first-order chi connectivity index (χ1) is 9.86. The lowest BCUT2D eigenvalue weighted by Gasteiger charge is -2.30. The molecule has 0 radical (unpaired) electrons. The first kappa shape index (κ1) is 17.0. The van der Waals surface area contributed by atoms with Gasteiger partial charge in [0.05, 0.1) is 16.9 Å². The standard InChI is InChI=1S/C12H15Cl2NO4S2/c1-2-19-12(16)8-4-3-5-15(7-8)21(17,18)9-6-10(13)20-11(9)14/h6,8H,2-5,7H2,1H3. The lowest BCUT2D eigenvalue weighted by molar-refractivity contribution is -0.149. The number of carbonyl (C=O) groups is 1. The smallest absolute Gasteiger partial charge is 0.310 e. The van der Waals surface area contributed by atoms with Crippen LogP contribution in [0, 0.1) is 5.92 Å². The number of hydrogen-bond acceptors (Lipinski definition) is 5. The zero-order chi connectivity index (χ0) is 15.6. The Labute approximate surface area is 137 Å². The van der Waals surface area contributed by atoms with Crippen molar-refractivity contribution in [3.05, 3.63) is 14.7 Å². The molecule has 1 aliphatic rings. The number of nitrogens with zero attached hydrogens (tertiary/aromatic N) is 1. The molecule has 1 saturated heterocycles. The molecule has 0 saturated carbocycles. The van der Waals surface area contributed by atoms with Crippen molar-refractivity contribution in [3.63, 3.8) is 0 Å². The van der Waals surface area contributed by atoms with Crippen LogP contribution in [-0.2, 0) is 19.6 Å². The van der Waals surface area contributed by atoms with Crippen molar-refractivity contribution in [3.8, 4) is 0 Å². The number of carbonyl (C=O) groups excluding carboxylic acids is 1. The summed E-state index contributed by atoms with van der Waals surface area (Å²) >= 11 is 12.8. The number of ether oxygens (including phenoxy) is 1. The highest BCUT2D eigenvalue weighted by Gasteiger charge is 2.35. The second kappa shape index (κ2) is 6.83. The molecule has 0 aliphatic carbocycles. The van der Waals surface area contributed by atoms with Crippen molar-refractivity contribution < 1.29 is 17.9 Å². The number of hydrogen-bond donors (Lipinski definition) is 0. The van der Waals surface area contributed by atoms with Crippen LogP contribution in [0.15, 0.2) is 11.0 Å². The molecule has 0 N–H and O–H groups in total. The molecule has 118 valence electrons. The maximum absolute atomic E-state index is 12.6. The number of sulfonamides is 1. The van der Waals surface area contributed by atoms with Crippen molar-refractivity contribution in [2.45, 2.75) is 24.7 Å². The van der Waals surface area contributed by atoms with Gasteiger partial charge in [0.2, 0.25) is 10.0 Å². The van der Waals surface area contributed by atoms with Gasteiger partial charge in [-0.2, -0.15) is 4.31 Å². The first-order valence-electron chi connectivity index (χ1n) is 6.48. The maximum atomic E-state index is 12.6. The Bertz CT molecular complexity index is 629. The van der Waals surface area contributed by atoms with E-state index in [4.69, 9.17) is 27.9 Å². The van der Waals surface area contributed by atoms with Crippen LogP contribution in [0.2, 0.25) is 8.67 Å². The highest BCUT2D eigenvalue weighted by Crippen LogP contribution is 2.36. The Kier molecular flexibility index (Phi) is 5.54. The van der Waals surface area contributed by atoms with Gasteiger partial charge in [0.25, 0.3) is 0 Å². The van der Waals surface area contributed by atoms with Gasteiger partial charge in [0.15, 0.2) is 0 Å². The van der Waals surface area contributed by atoms with Crippen LogP contribution in [0.25, 0.3) is 0 Å². The number of esters is 1. The van der Waals surface area contributed by atoms with Crippen molar-refractivity contribution in [1.82, 2.24) is 4.31 Å². The second-order valence-corrected chi connectivity index (χ2v) is 8.83. The quantitative estimate of drug-likeness (QED) is 0.763. The van der Waals surface area contributed by atoms with Crippen LogP contribution in [0.3, 0.4) is 0 Å². The predicted octanol–water partition coefficient (Wildman–Crippen LogP) is 3.02. The summed E-state index contributed by atoms with van der Waals surface area (Å²) in [7, 11) is -3.73. The number of piperidine rings is 1. The van der Waals surface area contributed by atoms with Crippen molar-refractivity contribution >= 4 is 50.5 Å². The molecule has 5 nitrogen and oxygen atoms in total. The van der Waals surface area contributed by atoms with Gasteiger partial charge in [-0.05, 0) is 25.8 Å². The fourth-order valence-corrected chi connectivity index (χ4v) is 5.89. The van der Waals surface area contributed by atoms with E-state index in [-0.39, 0.29) is 28.4 Å². The third-order valence-corrected chi connectivity index (χ3v) is 6.87. The number of halogens is 2. The Balaban J connectivity index is 2.20. The van der Waals surface area contributed by atoms with Gasteiger partial charge in [-0.25, -0.2) is 8.42 Å². The zero-order valence-corrected chi connectivity index (χ0v) is 14.5. The summed E-state index contributed by atoms with van der Waals surface area (Å²) in [6.45, 7) is 2.49. The normalized spacial score (nSPS) is 20.4. The van der Waals surface area contributed by atoms with Gasteiger partial charge < -0.3 is 4.74 Å². The van der Waals surface area contributed by atoms with Crippen molar-refractivity contribution in [2.75, 3.05) is 19.7 Å². The van der Waals surface area contributed by atoms with E-state index < -0.39 is 15.9 Å². The molecular formula is C12H15Cl2NO4S2. The molecule has 1 fully saturated rings. The molecule has 0 spiro atoms. The van der Waals surface area contributed by atoms with E-state index in [0.717, 1.165) is 11.3 Å². The third kappa shape index (κ3) is 3.71. The molecule has 2 rings (SSSR count). The van der Waals surface area contributed by atoms with E-state index in [2.05, 4.69) is 0 Å². The number of thiophene rings is 1. The molecule has 9 heteroatoms. The van der Waals surface area contributed by atoms with Crippen LogP contribution in [0.5, 0.6) is 0 Å². The highest BCUT2D eigenvalue weighted by molar-refractivity contribution is 7.89. The van der Waals surface area contributed by atoms with E-state index in [0.29, 0.717) is 23.7 Å². The molecule has 2 heterocycles. The fourth-order valence-electron chi connectivity index (χ4n) is 2.25. The molecule has 1 aromatic heterocycles. The van der Waals surface area contributed by atoms with Crippen LogP contribution in [0.4, 0.5) is 0 Å². The van der Waals surface area contributed by atoms with Crippen LogP contribution in [0.1, 0.15) is 19.8 Å². The Morgan fingerprint density at radius 3 is 2.81 bits per heavy atom.